The lowest BCUT2D eigenvalue weighted by Gasteiger charge is -2.05. The number of rotatable bonds is 2. The quantitative estimate of drug-likeness (QED) is 0.708. The topological polar surface area (TPSA) is 38.3 Å². The lowest BCUT2D eigenvalue weighted by atomic mass is 10.2. The molecular weight excluding hydrogens is 173 g/mol. The fourth-order valence-electron chi connectivity index (χ4n) is 0.993. The normalized spacial score (nSPS) is 9.46. The zero-order valence-electron chi connectivity index (χ0n) is 7.43. The minimum Gasteiger partial charge on any atom is -0.465 e. The van der Waals surface area contributed by atoms with Crippen LogP contribution in [-0.4, -0.2) is 20.1 Å². The van der Waals surface area contributed by atoms with Crippen molar-refractivity contribution in [2.45, 2.75) is 0 Å². The second-order valence-corrected chi connectivity index (χ2v) is 2.41. The first kappa shape index (κ1) is 9.51. The number of methoxy groups -OCH3 is 1. The van der Waals surface area contributed by atoms with Crippen LogP contribution in [0.15, 0.2) is 18.2 Å². The molecule has 0 fully saturated rings. The summed E-state index contributed by atoms with van der Waals surface area (Å²) in [4.78, 5) is 11.0. The number of esters is 1. The van der Waals surface area contributed by atoms with Gasteiger partial charge in [0.15, 0.2) is 5.82 Å². The number of carbonyl (C=O) groups excluding carboxylic acids is 1. The van der Waals surface area contributed by atoms with E-state index in [1.807, 2.05) is 0 Å². The van der Waals surface area contributed by atoms with E-state index in [0.29, 0.717) is 0 Å². The van der Waals surface area contributed by atoms with E-state index in [4.69, 9.17) is 0 Å². The van der Waals surface area contributed by atoms with Crippen LogP contribution in [0.3, 0.4) is 0 Å². The highest BCUT2D eigenvalue weighted by Gasteiger charge is 2.13. The SMILES string of the molecule is CNc1cccc(C(=O)OC)c1F. The zero-order valence-corrected chi connectivity index (χ0v) is 7.43. The number of carbonyl (C=O) groups is 1. The molecular formula is C9H10FNO2. The average molecular weight is 183 g/mol. The third kappa shape index (κ3) is 1.77. The Kier molecular flexibility index (Phi) is 2.84. The lowest BCUT2D eigenvalue weighted by molar-refractivity contribution is 0.0595. The molecule has 0 amide bonds. The third-order valence-corrected chi connectivity index (χ3v) is 1.67. The molecule has 0 bridgehead atoms. The molecule has 13 heavy (non-hydrogen) atoms. The van der Waals surface area contributed by atoms with Gasteiger partial charge in [0.05, 0.1) is 18.4 Å². The molecule has 0 aromatic heterocycles. The predicted octanol–water partition coefficient (Wildman–Crippen LogP) is 1.65. The maximum Gasteiger partial charge on any atom is 0.340 e. The van der Waals surface area contributed by atoms with Gasteiger partial charge in [0, 0.05) is 7.05 Å². The summed E-state index contributed by atoms with van der Waals surface area (Å²) in [6.07, 6.45) is 0. The first-order valence-electron chi connectivity index (χ1n) is 3.75. The summed E-state index contributed by atoms with van der Waals surface area (Å²) in [6.45, 7) is 0. The van der Waals surface area contributed by atoms with Crippen molar-refractivity contribution in [1.82, 2.24) is 0 Å². The number of hydrogen-bond acceptors (Lipinski definition) is 3. The molecule has 0 saturated heterocycles. The molecule has 1 rings (SSSR count). The van der Waals surface area contributed by atoms with Crippen LogP contribution in [0, 0.1) is 5.82 Å². The Morgan fingerprint density at radius 1 is 1.54 bits per heavy atom. The van der Waals surface area contributed by atoms with E-state index in [0.717, 1.165) is 0 Å². The van der Waals surface area contributed by atoms with Crippen LogP contribution in [-0.2, 0) is 4.74 Å². The summed E-state index contributed by atoms with van der Waals surface area (Å²) in [7, 11) is 2.80. The molecule has 0 aliphatic rings. The minimum atomic E-state index is -0.672. The van der Waals surface area contributed by atoms with Gasteiger partial charge < -0.3 is 10.1 Å². The number of nitrogens with one attached hydrogen (secondary N) is 1. The van der Waals surface area contributed by atoms with Gasteiger partial charge in [-0.15, -0.1) is 0 Å². The van der Waals surface area contributed by atoms with Crippen LogP contribution in [0.5, 0.6) is 0 Å². The van der Waals surface area contributed by atoms with Crippen molar-refractivity contribution in [2.24, 2.45) is 0 Å². The Morgan fingerprint density at radius 3 is 2.77 bits per heavy atom. The summed E-state index contributed by atoms with van der Waals surface area (Å²) in [6, 6.07) is 4.50. The molecule has 0 heterocycles. The predicted molar refractivity (Wildman–Crippen MR) is 47.3 cm³/mol. The summed E-state index contributed by atoms with van der Waals surface area (Å²) < 4.78 is 17.8. The van der Waals surface area contributed by atoms with E-state index in [1.165, 1.54) is 13.2 Å². The first-order valence-corrected chi connectivity index (χ1v) is 3.75. The molecule has 70 valence electrons. The van der Waals surface area contributed by atoms with Crippen molar-refractivity contribution < 1.29 is 13.9 Å². The summed E-state index contributed by atoms with van der Waals surface area (Å²) >= 11 is 0. The summed E-state index contributed by atoms with van der Waals surface area (Å²) in [5.74, 6) is -1.26. The van der Waals surface area contributed by atoms with Gasteiger partial charge in [0.1, 0.15) is 0 Å². The van der Waals surface area contributed by atoms with Crippen molar-refractivity contribution >= 4 is 11.7 Å². The van der Waals surface area contributed by atoms with Gasteiger partial charge in [-0.3, -0.25) is 0 Å². The Morgan fingerprint density at radius 2 is 2.23 bits per heavy atom. The molecule has 0 saturated carbocycles. The number of halogens is 1. The Bertz CT molecular complexity index is 325. The standard InChI is InChI=1S/C9H10FNO2/c1-11-7-5-3-4-6(8(7)10)9(12)13-2/h3-5,11H,1-2H3. The monoisotopic (exact) mass is 183 g/mol. The maximum atomic E-state index is 13.3. The highest BCUT2D eigenvalue weighted by molar-refractivity contribution is 5.90. The van der Waals surface area contributed by atoms with Crippen molar-refractivity contribution in [3.05, 3.63) is 29.6 Å². The summed E-state index contributed by atoms with van der Waals surface area (Å²) in [5.41, 5.74) is 0.220. The van der Waals surface area contributed by atoms with Gasteiger partial charge in [-0.2, -0.15) is 0 Å². The van der Waals surface area contributed by atoms with E-state index < -0.39 is 11.8 Å². The van der Waals surface area contributed by atoms with E-state index in [2.05, 4.69) is 10.1 Å². The first-order chi connectivity index (χ1) is 6.20. The van der Waals surface area contributed by atoms with Crippen LogP contribution >= 0.6 is 0 Å². The van der Waals surface area contributed by atoms with Crippen LogP contribution in [0.1, 0.15) is 10.4 Å². The maximum absolute atomic E-state index is 13.3. The van der Waals surface area contributed by atoms with E-state index in [9.17, 15) is 9.18 Å². The molecule has 1 aromatic rings. The van der Waals surface area contributed by atoms with Crippen LogP contribution in [0.4, 0.5) is 10.1 Å². The minimum absolute atomic E-state index is 0.0608. The molecule has 0 unspecified atom stereocenters. The Balaban J connectivity index is 3.15. The van der Waals surface area contributed by atoms with Crippen LogP contribution in [0.25, 0.3) is 0 Å². The molecule has 0 radical (unpaired) electrons. The molecule has 1 N–H and O–H groups in total. The third-order valence-electron chi connectivity index (χ3n) is 1.67. The van der Waals surface area contributed by atoms with E-state index in [1.54, 1.807) is 19.2 Å². The van der Waals surface area contributed by atoms with Crippen LogP contribution in [0.2, 0.25) is 0 Å². The smallest absolute Gasteiger partial charge is 0.340 e. The zero-order chi connectivity index (χ0) is 9.84. The summed E-state index contributed by atoms with van der Waals surface area (Å²) in [5, 5.41) is 2.63. The van der Waals surface area contributed by atoms with Gasteiger partial charge in [0.25, 0.3) is 0 Å². The highest BCUT2D eigenvalue weighted by Crippen LogP contribution is 2.17. The van der Waals surface area contributed by atoms with Crippen LogP contribution < -0.4 is 5.32 Å². The van der Waals surface area contributed by atoms with Gasteiger partial charge in [-0.25, -0.2) is 9.18 Å². The fraction of sp³-hybridized carbons (Fsp3) is 0.222. The molecule has 0 aliphatic heterocycles. The Hall–Kier alpha value is -1.58. The molecule has 0 spiro atoms. The fourth-order valence-corrected chi connectivity index (χ4v) is 0.993. The van der Waals surface area contributed by atoms with E-state index in [-0.39, 0.29) is 11.3 Å². The van der Waals surface area contributed by atoms with Crippen molar-refractivity contribution in [1.29, 1.82) is 0 Å². The average Bonchev–Trinajstić information content (AvgIpc) is 2.17. The van der Waals surface area contributed by atoms with Crippen molar-refractivity contribution in [3.8, 4) is 0 Å². The number of ether oxygens (including phenoxy) is 1. The largest absolute Gasteiger partial charge is 0.465 e. The molecule has 3 nitrogen and oxygen atoms in total. The number of benzene rings is 1. The Labute approximate surface area is 75.5 Å². The van der Waals surface area contributed by atoms with Crippen molar-refractivity contribution in [2.75, 3.05) is 19.5 Å². The van der Waals surface area contributed by atoms with Gasteiger partial charge in [-0.05, 0) is 12.1 Å². The number of anilines is 1. The van der Waals surface area contributed by atoms with Crippen molar-refractivity contribution in [3.63, 3.8) is 0 Å². The van der Waals surface area contributed by atoms with E-state index >= 15 is 0 Å². The van der Waals surface area contributed by atoms with Gasteiger partial charge in [0.2, 0.25) is 0 Å². The second-order valence-electron chi connectivity index (χ2n) is 2.41. The number of hydrogen-bond donors (Lipinski definition) is 1. The highest BCUT2D eigenvalue weighted by atomic mass is 19.1. The van der Waals surface area contributed by atoms with Gasteiger partial charge >= 0.3 is 5.97 Å². The lowest BCUT2D eigenvalue weighted by Crippen LogP contribution is -2.06. The van der Waals surface area contributed by atoms with Gasteiger partial charge in [-0.1, -0.05) is 6.07 Å². The molecule has 0 atom stereocenters. The molecule has 0 aliphatic carbocycles. The molecule has 4 heteroatoms. The second kappa shape index (κ2) is 3.89. The molecule has 1 aromatic carbocycles.